The van der Waals surface area contributed by atoms with Gasteiger partial charge in [-0.2, -0.15) is 0 Å². The highest BCUT2D eigenvalue weighted by atomic mass is 32.1. The van der Waals surface area contributed by atoms with Crippen molar-refractivity contribution in [2.45, 2.75) is 71.5 Å². The quantitative estimate of drug-likeness (QED) is 0.513. The number of thiocarbonyl (C=S) groups is 1. The van der Waals surface area contributed by atoms with Crippen LogP contribution in [-0.2, 0) is 11.2 Å². The monoisotopic (exact) mass is 445 g/mol. The van der Waals surface area contributed by atoms with Crippen LogP contribution in [0.4, 0.5) is 0 Å². The summed E-state index contributed by atoms with van der Waals surface area (Å²) in [6, 6.07) is 15.1. The second kappa shape index (κ2) is 7.73. The molecule has 0 spiro atoms. The molecule has 5 heteroatoms. The lowest BCUT2D eigenvalue weighted by atomic mass is 9.88. The molecule has 3 aromatic rings. The lowest BCUT2D eigenvalue weighted by Gasteiger charge is -2.37. The first-order valence-corrected chi connectivity index (χ1v) is 12.1. The van der Waals surface area contributed by atoms with E-state index in [2.05, 4.69) is 87.0 Å². The zero-order chi connectivity index (χ0) is 22.7. The van der Waals surface area contributed by atoms with Gasteiger partial charge in [0.25, 0.3) is 5.91 Å². The highest BCUT2D eigenvalue weighted by Crippen LogP contribution is 2.44. The van der Waals surface area contributed by atoms with Gasteiger partial charge in [-0.05, 0) is 67.2 Å². The third-order valence-electron chi connectivity index (χ3n) is 7.28. The van der Waals surface area contributed by atoms with Crippen LogP contribution in [0.5, 0.6) is 0 Å². The number of H-pyrrole nitrogens is 1. The Hall–Kier alpha value is -2.66. The normalized spacial score (nSPS) is 21.4. The summed E-state index contributed by atoms with van der Waals surface area (Å²) in [7, 11) is 0. The molecule has 1 saturated heterocycles. The molecule has 1 N–H and O–H groups in total. The molecule has 32 heavy (non-hydrogen) atoms. The number of amides is 1. The van der Waals surface area contributed by atoms with Gasteiger partial charge in [-0.3, -0.25) is 9.69 Å². The van der Waals surface area contributed by atoms with Gasteiger partial charge in [-0.15, -0.1) is 0 Å². The molecule has 3 heterocycles. The summed E-state index contributed by atoms with van der Waals surface area (Å²) in [4.78, 5) is 21.3. The third kappa shape index (κ3) is 3.09. The zero-order valence-electron chi connectivity index (χ0n) is 19.5. The standard InChI is InChI=1S/C27H31N3OS/c1-6-17(5)29-26(31)23-14-21-20-13-16(4)7-12-22(20)28-24(21)25(30(23)27(29)32)19-10-8-18(9-11-19)15(2)3/h7-13,15,17,23,25,28H,6,14H2,1-5H3. The average molecular weight is 446 g/mol. The Morgan fingerprint density at radius 2 is 1.84 bits per heavy atom. The summed E-state index contributed by atoms with van der Waals surface area (Å²) in [6.07, 6.45) is 1.57. The molecule has 1 aromatic heterocycles. The third-order valence-corrected chi connectivity index (χ3v) is 7.69. The molecule has 3 atom stereocenters. The highest BCUT2D eigenvalue weighted by molar-refractivity contribution is 7.80. The Labute approximate surface area is 195 Å². The van der Waals surface area contributed by atoms with Gasteiger partial charge in [-0.25, -0.2) is 0 Å². The maximum absolute atomic E-state index is 13.6. The average Bonchev–Trinajstić information content (AvgIpc) is 3.26. The number of aromatic nitrogens is 1. The van der Waals surface area contributed by atoms with Gasteiger partial charge in [0, 0.05) is 29.1 Å². The van der Waals surface area contributed by atoms with Gasteiger partial charge in [0.1, 0.15) is 6.04 Å². The van der Waals surface area contributed by atoms with E-state index in [-0.39, 0.29) is 24.0 Å². The van der Waals surface area contributed by atoms with Gasteiger partial charge < -0.3 is 9.88 Å². The van der Waals surface area contributed by atoms with Crippen LogP contribution in [0.2, 0.25) is 0 Å². The Bertz CT molecular complexity index is 1210. The van der Waals surface area contributed by atoms with E-state index >= 15 is 0 Å². The van der Waals surface area contributed by atoms with Crippen LogP contribution in [0.25, 0.3) is 10.9 Å². The van der Waals surface area contributed by atoms with Gasteiger partial charge in [0.05, 0.1) is 6.04 Å². The molecule has 1 amide bonds. The number of hydrogen-bond donors (Lipinski definition) is 1. The van der Waals surface area contributed by atoms with Crippen molar-refractivity contribution in [3.05, 3.63) is 70.4 Å². The first kappa shape index (κ1) is 21.2. The van der Waals surface area contributed by atoms with Gasteiger partial charge in [-0.1, -0.05) is 56.7 Å². The largest absolute Gasteiger partial charge is 0.356 e. The number of carbonyl (C=O) groups is 1. The van der Waals surface area contributed by atoms with Gasteiger partial charge >= 0.3 is 0 Å². The fourth-order valence-corrected chi connectivity index (χ4v) is 5.76. The van der Waals surface area contributed by atoms with E-state index in [1.165, 1.54) is 33.3 Å². The smallest absolute Gasteiger partial charge is 0.252 e. The summed E-state index contributed by atoms with van der Waals surface area (Å²) in [5.74, 6) is 0.617. The van der Waals surface area contributed by atoms with Crippen LogP contribution < -0.4 is 0 Å². The molecule has 0 bridgehead atoms. The fourth-order valence-electron chi connectivity index (χ4n) is 5.25. The molecular formula is C27H31N3OS. The predicted molar refractivity (Wildman–Crippen MR) is 134 cm³/mol. The lowest BCUT2D eigenvalue weighted by Crippen LogP contribution is -2.44. The molecule has 2 aliphatic heterocycles. The zero-order valence-corrected chi connectivity index (χ0v) is 20.3. The molecule has 166 valence electrons. The van der Waals surface area contributed by atoms with Crippen molar-refractivity contribution >= 4 is 34.1 Å². The van der Waals surface area contributed by atoms with Gasteiger partial charge in [0.2, 0.25) is 0 Å². The number of hydrogen-bond acceptors (Lipinski definition) is 2. The molecule has 1 fully saturated rings. The SMILES string of the molecule is CCC(C)N1C(=O)C2Cc3c([nH]c4ccc(C)cc34)C(c3ccc(C(C)C)cc3)N2C1=S. The topological polar surface area (TPSA) is 39.3 Å². The van der Waals surface area contributed by atoms with E-state index in [1.54, 1.807) is 0 Å². The maximum Gasteiger partial charge on any atom is 0.252 e. The van der Waals surface area contributed by atoms with Crippen molar-refractivity contribution in [1.29, 1.82) is 0 Å². The van der Waals surface area contributed by atoms with E-state index in [1.807, 2.05) is 4.90 Å². The molecule has 3 unspecified atom stereocenters. The Kier molecular flexibility index (Phi) is 5.12. The summed E-state index contributed by atoms with van der Waals surface area (Å²) in [5.41, 5.74) is 7.27. The molecule has 2 aromatic carbocycles. The first-order valence-electron chi connectivity index (χ1n) is 11.7. The first-order chi connectivity index (χ1) is 15.3. The van der Waals surface area contributed by atoms with E-state index in [0.29, 0.717) is 17.5 Å². The summed E-state index contributed by atoms with van der Waals surface area (Å²) in [6.45, 7) is 10.7. The maximum atomic E-state index is 13.6. The van der Waals surface area contributed by atoms with Crippen molar-refractivity contribution in [3.63, 3.8) is 0 Å². The molecule has 0 saturated carbocycles. The predicted octanol–water partition coefficient (Wildman–Crippen LogP) is 5.84. The van der Waals surface area contributed by atoms with Crippen LogP contribution in [0.3, 0.4) is 0 Å². The number of nitrogens with one attached hydrogen (secondary N) is 1. The lowest BCUT2D eigenvalue weighted by molar-refractivity contribution is -0.129. The van der Waals surface area contributed by atoms with E-state index in [0.717, 1.165) is 11.9 Å². The fraction of sp³-hybridized carbons (Fsp3) is 0.407. The Morgan fingerprint density at radius 1 is 1.12 bits per heavy atom. The second-order valence-electron chi connectivity index (χ2n) is 9.67. The van der Waals surface area contributed by atoms with Crippen LogP contribution >= 0.6 is 12.2 Å². The molecule has 5 rings (SSSR count). The molecule has 0 aliphatic carbocycles. The second-order valence-corrected chi connectivity index (χ2v) is 10.0. The minimum absolute atomic E-state index is 0.0943. The summed E-state index contributed by atoms with van der Waals surface area (Å²) >= 11 is 5.95. The number of fused-ring (bicyclic) bond motifs is 4. The van der Waals surface area contributed by atoms with Crippen molar-refractivity contribution in [2.24, 2.45) is 0 Å². The summed E-state index contributed by atoms with van der Waals surface area (Å²) < 4.78 is 0. The summed E-state index contributed by atoms with van der Waals surface area (Å²) in [5, 5.41) is 1.89. The number of nitrogens with zero attached hydrogens (tertiary/aromatic N) is 2. The molecule has 2 aliphatic rings. The van der Waals surface area contributed by atoms with Crippen molar-refractivity contribution in [1.82, 2.24) is 14.8 Å². The van der Waals surface area contributed by atoms with Crippen LogP contribution in [0.1, 0.15) is 74.0 Å². The van der Waals surface area contributed by atoms with Gasteiger partial charge in [0.15, 0.2) is 5.11 Å². The minimum Gasteiger partial charge on any atom is -0.356 e. The van der Waals surface area contributed by atoms with E-state index < -0.39 is 0 Å². The number of benzene rings is 2. The number of aromatic amines is 1. The highest BCUT2D eigenvalue weighted by Gasteiger charge is 2.51. The van der Waals surface area contributed by atoms with E-state index in [9.17, 15) is 4.79 Å². The van der Waals surface area contributed by atoms with Crippen molar-refractivity contribution in [2.75, 3.05) is 0 Å². The Balaban J connectivity index is 1.70. The minimum atomic E-state index is -0.252. The molecule has 4 nitrogen and oxygen atoms in total. The molecular weight excluding hydrogens is 414 g/mol. The number of carbonyl (C=O) groups excluding carboxylic acids is 1. The number of aryl methyl sites for hydroxylation is 1. The van der Waals surface area contributed by atoms with Crippen molar-refractivity contribution < 1.29 is 4.79 Å². The Morgan fingerprint density at radius 3 is 2.50 bits per heavy atom. The van der Waals surface area contributed by atoms with E-state index in [4.69, 9.17) is 12.2 Å². The van der Waals surface area contributed by atoms with Crippen LogP contribution in [0, 0.1) is 6.92 Å². The number of rotatable bonds is 4. The van der Waals surface area contributed by atoms with Crippen LogP contribution in [-0.4, -0.2) is 37.9 Å². The molecule has 0 radical (unpaired) electrons. The van der Waals surface area contributed by atoms with Crippen LogP contribution in [0.15, 0.2) is 42.5 Å². The van der Waals surface area contributed by atoms with Crippen molar-refractivity contribution in [3.8, 4) is 0 Å².